The molecule has 1 heterocycles. The minimum Gasteiger partial charge on any atom is -0.324 e. The minimum atomic E-state index is -0.602. The molecule has 1 aromatic carbocycles. The van der Waals surface area contributed by atoms with Crippen molar-refractivity contribution in [1.29, 1.82) is 5.26 Å². The zero-order valence-corrected chi connectivity index (χ0v) is 10.2. The van der Waals surface area contributed by atoms with Crippen LogP contribution in [0, 0.1) is 17.1 Å². The van der Waals surface area contributed by atoms with Gasteiger partial charge in [-0.2, -0.15) is 20.2 Å². The SMILES string of the molecule is N#Cc1cc(Nc2nc(Cl)nc(Cl)n2)ccc1F. The molecular formula is C10H4Cl2FN5. The number of nitriles is 1. The first-order valence-electron chi connectivity index (χ1n) is 4.62. The molecule has 0 unspecified atom stereocenters. The van der Waals surface area contributed by atoms with Gasteiger partial charge in [0.05, 0.1) is 5.56 Å². The van der Waals surface area contributed by atoms with Crippen molar-refractivity contribution in [2.75, 3.05) is 5.32 Å². The molecule has 0 atom stereocenters. The molecule has 0 spiro atoms. The van der Waals surface area contributed by atoms with Gasteiger partial charge in [-0.05, 0) is 41.4 Å². The summed E-state index contributed by atoms with van der Waals surface area (Å²) in [5.41, 5.74) is 0.345. The predicted octanol–water partition coefficient (Wildman–Crippen LogP) is 2.93. The molecule has 0 radical (unpaired) electrons. The molecule has 18 heavy (non-hydrogen) atoms. The molecule has 1 N–H and O–H groups in total. The van der Waals surface area contributed by atoms with Crippen molar-refractivity contribution in [2.24, 2.45) is 0 Å². The zero-order valence-electron chi connectivity index (χ0n) is 8.65. The number of benzene rings is 1. The summed E-state index contributed by atoms with van der Waals surface area (Å²) in [5, 5.41) is 11.3. The first kappa shape index (κ1) is 12.5. The Morgan fingerprint density at radius 2 is 1.83 bits per heavy atom. The number of anilines is 2. The molecule has 5 nitrogen and oxygen atoms in total. The average molecular weight is 284 g/mol. The highest BCUT2D eigenvalue weighted by Gasteiger charge is 2.06. The molecule has 0 aliphatic heterocycles. The molecule has 0 aliphatic carbocycles. The Hall–Kier alpha value is -1.97. The molecule has 2 rings (SSSR count). The average Bonchev–Trinajstić information content (AvgIpc) is 2.30. The molecule has 0 amide bonds. The Balaban J connectivity index is 2.31. The van der Waals surface area contributed by atoms with Gasteiger partial charge in [0.1, 0.15) is 11.9 Å². The van der Waals surface area contributed by atoms with Gasteiger partial charge in [-0.1, -0.05) is 0 Å². The predicted molar refractivity (Wildman–Crippen MR) is 64.2 cm³/mol. The van der Waals surface area contributed by atoms with Crippen molar-refractivity contribution in [2.45, 2.75) is 0 Å². The standard InChI is InChI=1S/C10H4Cl2FN5/c11-8-16-9(12)18-10(17-8)15-6-1-2-7(13)5(3-6)4-14/h1-3H,(H,15,16,17,18). The third kappa shape index (κ3) is 2.83. The number of hydrogen-bond acceptors (Lipinski definition) is 5. The fraction of sp³-hybridized carbons (Fsp3) is 0. The first-order chi connectivity index (χ1) is 8.58. The van der Waals surface area contributed by atoms with E-state index < -0.39 is 5.82 Å². The van der Waals surface area contributed by atoms with Crippen molar-refractivity contribution in [1.82, 2.24) is 15.0 Å². The molecular weight excluding hydrogens is 280 g/mol. The smallest absolute Gasteiger partial charge is 0.232 e. The Morgan fingerprint density at radius 1 is 1.17 bits per heavy atom. The maximum absolute atomic E-state index is 13.1. The fourth-order valence-electron chi connectivity index (χ4n) is 1.20. The van der Waals surface area contributed by atoms with E-state index in [2.05, 4.69) is 20.3 Å². The van der Waals surface area contributed by atoms with E-state index >= 15 is 0 Å². The van der Waals surface area contributed by atoms with Crippen molar-refractivity contribution >= 4 is 34.8 Å². The van der Waals surface area contributed by atoms with Gasteiger partial charge in [-0.15, -0.1) is 0 Å². The zero-order chi connectivity index (χ0) is 13.1. The Kier molecular flexibility index (Phi) is 3.55. The van der Waals surface area contributed by atoms with Crippen LogP contribution in [-0.2, 0) is 0 Å². The van der Waals surface area contributed by atoms with Crippen molar-refractivity contribution < 1.29 is 4.39 Å². The van der Waals surface area contributed by atoms with Crippen molar-refractivity contribution in [3.63, 3.8) is 0 Å². The van der Waals surface area contributed by atoms with Gasteiger partial charge >= 0.3 is 0 Å². The van der Waals surface area contributed by atoms with Crippen LogP contribution in [0.15, 0.2) is 18.2 Å². The highest BCUT2D eigenvalue weighted by Crippen LogP contribution is 2.18. The number of nitrogens with one attached hydrogen (secondary N) is 1. The Morgan fingerprint density at radius 3 is 2.44 bits per heavy atom. The summed E-state index contributed by atoms with van der Waals surface area (Å²) in [6.45, 7) is 0. The van der Waals surface area contributed by atoms with Crippen LogP contribution in [0.3, 0.4) is 0 Å². The van der Waals surface area contributed by atoms with Gasteiger partial charge in [-0.3, -0.25) is 0 Å². The minimum absolute atomic E-state index is 0.0693. The summed E-state index contributed by atoms with van der Waals surface area (Å²) in [5.74, 6) is -0.495. The van der Waals surface area contributed by atoms with Gasteiger partial charge in [0.25, 0.3) is 0 Å². The van der Waals surface area contributed by atoms with E-state index in [0.717, 1.165) is 6.07 Å². The molecule has 8 heteroatoms. The van der Waals surface area contributed by atoms with Crippen LogP contribution in [0.25, 0.3) is 0 Å². The largest absolute Gasteiger partial charge is 0.324 e. The molecule has 0 bridgehead atoms. The van der Waals surface area contributed by atoms with E-state index in [4.69, 9.17) is 28.5 Å². The lowest BCUT2D eigenvalue weighted by Gasteiger charge is -2.05. The van der Waals surface area contributed by atoms with E-state index in [9.17, 15) is 4.39 Å². The van der Waals surface area contributed by atoms with Crippen LogP contribution in [0.5, 0.6) is 0 Å². The molecule has 0 fully saturated rings. The lowest BCUT2D eigenvalue weighted by atomic mass is 10.2. The molecule has 90 valence electrons. The summed E-state index contributed by atoms with van der Waals surface area (Å²) in [6, 6.07) is 5.63. The van der Waals surface area contributed by atoms with E-state index in [1.165, 1.54) is 12.1 Å². The number of halogens is 3. The number of rotatable bonds is 2. The second-order valence-electron chi connectivity index (χ2n) is 3.13. The van der Waals surface area contributed by atoms with Gasteiger partial charge in [0.15, 0.2) is 0 Å². The number of nitrogens with zero attached hydrogens (tertiary/aromatic N) is 4. The fourth-order valence-corrected chi connectivity index (χ4v) is 1.56. The molecule has 0 saturated heterocycles. The van der Waals surface area contributed by atoms with E-state index in [-0.39, 0.29) is 22.1 Å². The highest BCUT2D eigenvalue weighted by atomic mass is 35.5. The third-order valence-electron chi connectivity index (χ3n) is 1.92. The lowest BCUT2D eigenvalue weighted by molar-refractivity contribution is 0.624. The van der Waals surface area contributed by atoms with E-state index in [1.54, 1.807) is 6.07 Å². The van der Waals surface area contributed by atoms with Crippen LogP contribution in [0.2, 0.25) is 10.6 Å². The monoisotopic (exact) mass is 283 g/mol. The maximum Gasteiger partial charge on any atom is 0.232 e. The van der Waals surface area contributed by atoms with Crippen LogP contribution < -0.4 is 5.32 Å². The molecule has 1 aromatic heterocycles. The van der Waals surface area contributed by atoms with Gasteiger partial charge in [-0.25, -0.2) is 4.39 Å². The second kappa shape index (κ2) is 5.12. The summed E-state index contributed by atoms with van der Waals surface area (Å²) >= 11 is 11.2. The molecule has 2 aromatic rings. The summed E-state index contributed by atoms with van der Waals surface area (Å²) in [7, 11) is 0. The Labute approximate surface area is 111 Å². The van der Waals surface area contributed by atoms with E-state index in [1.807, 2.05) is 0 Å². The lowest BCUT2D eigenvalue weighted by Crippen LogP contribution is -2.00. The van der Waals surface area contributed by atoms with Crippen LogP contribution in [-0.4, -0.2) is 15.0 Å². The highest BCUT2D eigenvalue weighted by molar-refractivity contribution is 6.31. The second-order valence-corrected chi connectivity index (χ2v) is 3.80. The summed E-state index contributed by atoms with van der Waals surface area (Å²) in [6.07, 6.45) is 0. The Bertz CT molecular complexity index is 620. The van der Waals surface area contributed by atoms with Crippen molar-refractivity contribution in [3.8, 4) is 6.07 Å². The van der Waals surface area contributed by atoms with Gasteiger partial charge in [0.2, 0.25) is 16.5 Å². The number of aromatic nitrogens is 3. The molecule has 0 aliphatic rings. The topological polar surface area (TPSA) is 74.5 Å². The summed E-state index contributed by atoms with van der Waals surface area (Å²) < 4.78 is 13.1. The van der Waals surface area contributed by atoms with Crippen molar-refractivity contribution in [3.05, 3.63) is 40.1 Å². The first-order valence-corrected chi connectivity index (χ1v) is 5.38. The van der Waals surface area contributed by atoms with Crippen LogP contribution >= 0.6 is 23.2 Å². The number of hydrogen-bond donors (Lipinski definition) is 1. The third-order valence-corrected chi connectivity index (χ3v) is 2.26. The van der Waals surface area contributed by atoms with E-state index in [0.29, 0.717) is 5.69 Å². The van der Waals surface area contributed by atoms with Gasteiger partial charge < -0.3 is 5.32 Å². The normalized spacial score (nSPS) is 9.89. The van der Waals surface area contributed by atoms with Crippen LogP contribution in [0.1, 0.15) is 5.56 Å². The molecule has 0 saturated carbocycles. The maximum atomic E-state index is 13.1. The van der Waals surface area contributed by atoms with Gasteiger partial charge in [0, 0.05) is 5.69 Å². The summed E-state index contributed by atoms with van der Waals surface area (Å²) in [4.78, 5) is 11.1. The quantitative estimate of drug-likeness (QED) is 0.917. The van der Waals surface area contributed by atoms with Crippen LogP contribution in [0.4, 0.5) is 16.0 Å².